The summed E-state index contributed by atoms with van der Waals surface area (Å²) in [6.07, 6.45) is 3.14. The van der Waals surface area contributed by atoms with Gasteiger partial charge in [-0.1, -0.05) is 6.07 Å². The number of hydrogen-bond donors (Lipinski definition) is 1. The number of benzene rings is 1. The first-order chi connectivity index (χ1) is 10.8. The van der Waals surface area contributed by atoms with Gasteiger partial charge < -0.3 is 5.32 Å². The fraction of sp³-hybridized carbons (Fsp3) is 0.333. The van der Waals surface area contributed by atoms with Crippen LogP contribution in [0.1, 0.15) is 20.8 Å². The molecule has 0 aliphatic carbocycles. The quantitative estimate of drug-likeness (QED) is 0.668. The molecule has 1 heterocycles. The minimum absolute atomic E-state index is 0.0459. The van der Waals surface area contributed by atoms with E-state index in [0.717, 1.165) is 0 Å². The van der Waals surface area contributed by atoms with Crippen LogP contribution in [0.15, 0.2) is 36.7 Å². The van der Waals surface area contributed by atoms with Crippen LogP contribution in [0.4, 0.5) is 23.0 Å². The second-order valence-corrected chi connectivity index (χ2v) is 5.83. The lowest BCUT2D eigenvalue weighted by molar-refractivity contribution is -0.384. The maximum absolute atomic E-state index is 11.4. The van der Waals surface area contributed by atoms with Gasteiger partial charge in [-0.15, -0.1) is 0 Å². The Morgan fingerprint density at radius 3 is 2.39 bits per heavy atom. The van der Waals surface area contributed by atoms with Crippen LogP contribution in [0.5, 0.6) is 0 Å². The van der Waals surface area contributed by atoms with Crippen molar-refractivity contribution in [1.29, 1.82) is 0 Å². The van der Waals surface area contributed by atoms with Crippen LogP contribution in [-0.4, -0.2) is 27.5 Å². The van der Waals surface area contributed by atoms with Crippen molar-refractivity contribution in [3.63, 3.8) is 0 Å². The summed E-state index contributed by atoms with van der Waals surface area (Å²) in [6, 6.07) is 6.42. The lowest BCUT2D eigenvalue weighted by Gasteiger charge is -2.27. The van der Waals surface area contributed by atoms with E-state index in [4.69, 9.17) is 4.84 Å². The molecule has 122 valence electrons. The smallest absolute Gasteiger partial charge is 0.294 e. The van der Waals surface area contributed by atoms with Gasteiger partial charge in [0.2, 0.25) is 0 Å². The Labute approximate surface area is 134 Å². The monoisotopic (exact) mass is 317 g/mol. The lowest BCUT2D eigenvalue weighted by atomic mass is 10.1. The zero-order chi connectivity index (χ0) is 17.0. The Balaban J connectivity index is 2.60. The van der Waals surface area contributed by atoms with E-state index in [1.54, 1.807) is 30.6 Å². The highest BCUT2D eigenvalue weighted by atomic mass is 16.7. The molecule has 0 spiro atoms. The number of para-hydroxylation sites is 1. The molecule has 0 saturated heterocycles. The van der Waals surface area contributed by atoms with Crippen molar-refractivity contribution >= 4 is 23.0 Å². The highest BCUT2D eigenvalue weighted by Crippen LogP contribution is 2.38. The van der Waals surface area contributed by atoms with E-state index < -0.39 is 4.92 Å². The Bertz CT molecular complexity index is 685. The number of rotatable bonds is 5. The van der Waals surface area contributed by atoms with Gasteiger partial charge in [-0.25, -0.2) is 9.97 Å². The van der Waals surface area contributed by atoms with Gasteiger partial charge in [0.05, 0.1) is 12.0 Å². The molecule has 0 aliphatic rings. The van der Waals surface area contributed by atoms with E-state index in [1.165, 1.54) is 18.2 Å². The largest absolute Gasteiger partial charge is 0.373 e. The highest BCUT2D eigenvalue weighted by molar-refractivity contribution is 5.81. The van der Waals surface area contributed by atoms with Gasteiger partial charge in [0, 0.05) is 24.0 Å². The summed E-state index contributed by atoms with van der Waals surface area (Å²) in [7, 11) is 1.45. The molecule has 0 saturated carbocycles. The first kappa shape index (κ1) is 16.6. The summed E-state index contributed by atoms with van der Waals surface area (Å²) in [5.41, 5.74) is 0.384. The van der Waals surface area contributed by atoms with E-state index in [1.807, 2.05) is 20.8 Å². The van der Waals surface area contributed by atoms with Crippen molar-refractivity contribution in [2.24, 2.45) is 0 Å². The Hall–Kier alpha value is -2.74. The van der Waals surface area contributed by atoms with Gasteiger partial charge in [0.15, 0.2) is 0 Å². The van der Waals surface area contributed by atoms with Crippen LogP contribution in [0.3, 0.4) is 0 Å². The predicted octanol–water partition coefficient (Wildman–Crippen LogP) is 3.29. The summed E-state index contributed by atoms with van der Waals surface area (Å²) in [4.78, 5) is 24.6. The molecular formula is C15H19N5O3. The molecule has 23 heavy (non-hydrogen) atoms. The number of hydrogen-bond acceptors (Lipinski definition) is 7. The molecule has 2 rings (SSSR count). The van der Waals surface area contributed by atoms with E-state index >= 15 is 0 Å². The molecule has 0 amide bonds. The molecule has 1 aromatic carbocycles. The molecule has 0 unspecified atom stereocenters. The fourth-order valence-electron chi connectivity index (χ4n) is 2.04. The van der Waals surface area contributed by atoms with Crippen molar-refractivity contribution in [3.05, 3.63) is 46.8 Å². The third kappa shape index (κ3) is 3.92. The number of nitrogens with one attached hydrogen (secondary N) is 1. The van der Waals surface area contributed by atoms with Crippen molar-refractivity contribution in [1.82, 2.24) is 9.97 Å². The summed E-state index contributed by atoms with van der Waals surface area (Å²) < 4.78 is 0. The molecule has 0 bridgehead atoms. The summed E-state index contributed by atoms with van der Waals surface area (Å²) in [6.45, 7) is 5.76. The van der Waals surface area contributed by atoms with E-state index in [-0.39, 0.29) is 17.2 Å². The zero-order valence-corrected chi connectivity index (χ0v) is 13.5. The maximum Gasteiger partial charge on any atom is 0.294 e. The van der Waals surface area contributed by atoms with Crippen molar-refractivity contribution < 1.29 is 9.76 Å². The predicted molar refractivity (Wildman–Crippen MR) is 87.7 cm³/mol. The molecule has 8 heteroatoms. The molecule has 0 atom stereocenters. The second kappa shape index (κ2) is 6.57. The number of nitrogens with zero attached hydrogens (tertiary/aromatic N) is 4. The number of anilines is 3. The van der Waals surface area contributed by atoms with Crippen LogP contribution in [0.2, 0.25) is 0 Å². The molecular weight excluding hydrogens is 298 g/mol. The van der Waals surface area contributed by atoms with Crippen LogP contribution in [0, 0.1) is 10.1 Å². The minimum Gasteiger partial charge on any atom is -0.373 e. The maximum atomic E-state index is 11.4. The lowest BCUT2D eigenvalue weighted by Crippen LogP contribution is -2.28. The van der Waals surface area contributed by atoms with Gasteiger partial charge in [0.1, 0.15) is 11.4 Å². The van der Waals surface area contributed by atoms with Gasteiger partial charge >= 0.3 is 0 Å². The third-order valence-electron chi connectivity index (χ3n) is 2.85. The summed E-state index contributed by atoms with van der Waals surface area (Å²) in [5.74, 6) is 0.285. The van der Waals surface area contributed by atoms with Crippen molar-refractivity contribution in [2.45, 2.75) is 26.3 Å². The van der Waals surface area contributed by atoms with Crippen LogP contribution in [-0.2, 0) is 4.84 Å². The topological polar surface area (TPSA) is 93.4 Å². The SMILES string of the molecule is CON(c1ncccn1)c1cccc([N+](=O)[O-])c1NC(C)(C)C. The van der Waals surface area contributed by atoms with Gasteiger partial charge in [0.25, 0.3) is 11.6 Å². The zero-order valence-electron chi connectivity index (χ0n) is 13.5. The van der Waals surface area contributed by atoms with Crippen molar-refractivity contribution in [2.75, 3.05) is 17.5 Å². The Kier molecular flexibility index (Phi) is 4.75. The van der Waals surface area contributed by atoms with E-state index in [9.17, 15) is 10.1 Å². The average Bonchev–Trinajstić information content (AvgIpc) is 2.49. The molecule has 2 aromatic rings. The Morgan fingerprint density at radius 2 is 1.87 bits per heavy atom. The van der Waals surface area contributed by atoms with Crippen LogP contribution in [0.25, 0.3) is 0 Å². The van der Waals surface area contributed by atoms with Gasteiger partial charge in [-0.3, -0.25) is 15.0 Å². The van der Waals surface area contributed by atoms with Gasteiger partial charge in [-0.05, 0) is 32.9 Å². The molecule has 0 radical (unpaired) electrons. The number of nitro groups is 1. The fourth-order valence-corrected chi connectivity index (χ4v) is 2.04. The highest BCUT2D eigenvalue weighted by Gasteiger charge is 2.26. The first-order valence-electron chi connectivity index (χ1n) is 7.00. The third-order valence-corrected chi connectivity index (χ3v) is 2.85. The molecule has 0 aliphatic heterocycles. The minimum atomic E-state index is -0.433. The van der Waals surface area contributed by atoms with E-state index in [2.05, 4.69) is 15.3 Å². The molecule has 8 nitrogen and oxygen atoms in total. The van der Waals surface area contributed by atoms with E-state index in [0.29, 0.717) is 11.4 Å². The normalized spacial score (nSPS) is 11.1. The standard InChI is InChI=1S/C15H19N5O3/c1-15(2,3)18-13-11(7-5-8-12(13)20(21)22)19(23-4)14-16-9-6-10-17-14/h5-10,18H,1-4H3. The first-order valence-corrected chi connectivity index (χ1v) is 7.00. The number of aromatic nitrogens is 2. The average molecular weight is 317 g/mol. The van der Waals surface area contributed by atoms with Gasteiger partial charge in [-0.2, -0.15) is 5.06 Å². The molecule has 1 N–H and O–H groups in total. The van der Waals surface area contributed by atoms with Crippen LogP contribution < -0.4 is 10.4 Å². The molecule has 1 aromatic heterocycles. The second-order valence-electron chi connectivity index (χ2n) is 5.83. The summed E-state index contributed by atoms with van der Waals surface area (Å²) in [5, 5.41) is 15.9. The summed E-state index contributed by atoms with van der Waals surface area (Å²) >= 11 is 0. The Morgan fingerprint density at radius 1 is 1.22 bits per heavy atom. The number of nitro benzene ring substituents is 1. The van der Waals surface area contributed by atoms with Crippen molar-refractivity contribution in [3.8, 4) is 0 Å². The molecule has 0 fully saturated rings. The van der Waals surface area contributed by atoms with Crippen LogP contribution >= 0.6 is 0 Å².